The molecule has 0 aliphatic carbocycles. The van der Waals surface area contributed by atoms with Crippen LogP contribution in [0.4, 0.5) is 11.6 Å². The van der Waals surface area contributed by atoms with Crippen LogP contribution in [0.2, 0.25) is 0 Å². The Hall–Kier alpha value is -2.44. The molecule has 7 nitrogen and oxygen atoms in total. The van der Waals surface area contributed by atoms with E-state index in [2.05, 4.69) is 25.5 Å². The van der Waals surface area contributed by atoms with Crippen molar-refractivity contribution in [2.75, 3.05) is 5.32 Å². The van der Waals surface area contributed by atoms with Gasteiger partial charge in [0.25, 0.3) is 0 Å². The van der Waals surface area contributed by atoms with Gasteiger partial charge in [-0.25, -0.2) is 14.8 Å². The van der Waals surface area contributed by atoms with E-state index in [1.54, 1.807) is 6.07 Å². The fraction of sp³-hybridized carbons (Fsp3) is 0.273. The zero-order chi connectivity index (χ0) is 13.1. The number of carboxylic acids is 1. The van der Waals surface area contributed by atoms with E-state index in [0.717, 1.165) is 5.69 Å². The number of carboxylic acid groups (broad SMARTS) is 1. The lowest BCUT2D eigenvalue weighted by Crippen LogP contribution is -2.05. The van der Waals surface area contributed by atoms with E-state index in [9.17, 15) is 4.79 Å². The first kappa shape index (κ1) is 12.0. The van der Waals surface area contributed by atoms with E-state index in [4.69, 9.17) is 5.11 Å². The van der Waals surface area contributed by atoms with Crippen LogP contribution in [0, 0.1) is 0 Å². The fourth-order valence-corrected chi connectivity index (χ4v) is 1.36. The maximum Gasteiger partial charge on any atom is 0.374 e. The molecule has 0 radical (unpaired) electrons. The van der Waals surface area contributed by atoms with Crippen molar-refractivity contribution in [1.82, 2.24) is 20.2 Å². The summed E-state index contributed by atoms with van der Waals surface area (Å²) in [6.45, 7) is 4.09. The molecular formula is C11H13N5O2. The summed E-state index contributed by atoms with van der Waals surface area (Å²) in [5, 5.41) is 18.6. The minimum atomic E-state index is -1.16. The second-order valence-corrected chi connectivity index (χ2v) is 4.06. The first-order chi connectivity index (χ1) is 8.56. The predicted octanol–water partition coefficient (Wildman–Crippen LogP) is 1.76. The molecule has 0 amide bonds. The van der Waals surface area contributed by atoms with Crippen LogP contribution >= 0.6 is 0 Å². The van der Waals surface area contributed by atoms with Crippen molar-refractivity contribution in [2.45, 2.75) is 19.8 Å². The summed E-state index contributed by atoms with van der Waals surface area (Å²) in [4.78, 5) is 18.2. The van der Waals surface area contributed by atoms with Crippen molar-refractivity contribution in [3.05, 3.63) is 29.8 Å². The Morgan fingerprint density at radius 1 is 1.44 bits per heavy atom. The molecule has 2 rings (SSSR count). The quantitative estimate of drug-likeness (QED) is 0.760. The second-order valence-electron chi connectivity index (χ2n) is 4.06. The highest BCUT2D eigenvalue weighted by atomic mass is 16.4. The molecule has 7 heteroatoms. The third-order valence-corrected chi connectivity index (χ3v) is 2.32. The highest BCUT2D eigenvalue weighted by Gasteiger charge is 2.09. The number of carbonyl (C=O) groups is 1. The Labute approximate surface area is 103 Å². The van der Waals surface area contributed by atoms with E-state index >= 15 is 0 Å². The summed E-state index contributed by atoms with van der Waals surface area (Å²) >= 11 is 0. The van der Waals surface area contributed by atoms with Gasteiger partial charge in [-0.3, -0.25) is 5.10 Å². The minimum Gasteiger partial charge on any atom is -0.475 e. The van der Waals surface area contributed by atoms with Gasteiger partial charge in [-0.05, 0) is 12.0 Å². The SMILES string of the molecule is CC(C)c1cc(Nc2ccnc(C(=O)O)n2)n[nH]1. The van der Waals surface area contributed by atoms with Crippen molar-refractivity contribution in [3.63, 3.8) is 0 Å². The Morgan fingerprint density at radius 2 is 2.22 bits per heavy atom. The Morgan fingerprint density at radius 3 is 2.83 bits per heavy atom. The van der Waals surface area contributed by atoms with Gasteiger partial charge >= 0.3 is 5.97 Å². The summed E-state index contributed by atoms with van der Waals surface area (Å²) in [5.41, 5.74) is 0.991. The number of nitrogens with one attached hydrogen (secondary N) is 2. The van der Waals surface area contributed by atoms with Crippen molar-refractivity contribution in [2.24, 2.45) is 0 Å². The Bertz CT molecular complexity index is 564. The van der Waals surface area contributed by atoms with Gasteiger partial charge in [0.2, 0.25) is 5.82 Å². The average Bonchev–Trinajstić information content (AvgIpc) is 2.78. The third-order valence-electron chi connectivity index (χ3n) is 2.32. The molecule has 0 atom stereocenters. The van der Waals surface area contributed by atoms with Gasteiger partial charge in [-0.1, -0.05) is 13.8 Å². The molecule has 0 fully saturated rings. The molecule has 94 valence electrons. The van der Waals surface area contributed by atoms with Gasteiger partial charge < -0.3 is 10.4 Å². The summed E-state index contributed by atoms with van der Waals surface area (Å²) in [6.07, 6.45) is 1.38. The number of nitrogens with zero attached hydrogens (tertiary/aromatic N) is 3. The van der Waals surface area contributed by atoms with E-state index in [1.165, 1.54) is 6.20 Å². The number of anilines is 2. The van der Waals surface area contributed by atoms with Crippen LogP contribution in [0.5, 0.6) is 0 Å². The van der Waals surface area contributed by atoms with Gasteiger partial charge in [0.05, 0.1) is 0 Å². The lowest BCUT2D eigenvalue weighted by Gasteiger charge is -2.01. The first-order valence-corrected chi connectivity index (χ1v) is 5.45. The maximum atomic E-state index is 10.7. The molecule has 0 bridgehead atoms. The number of aromatic carboxylic acids is 1. The van der Waals surface area contributed by atoms with Crippen LogP contribution in [0.25, 0.3) is 0 Å². The van der Waals surface area contributed by atoms with Crippen molar-refractivity contribution in [3.8, 4) is 0 Å². The number of aromatic nitrogens is 4. The number of H-pyrrole nitrogens is 1. The monoisotopic (exact) mass is 247 g/mol. The zero-order valence-electron chi connectivity index (χ0n) is 10.0. The van der Waals surface area contributed by atoms with Crippen LogP contribution in [0.1, 0.15) is 36.1 Å². The van der Waals surface area contributed by atoms with Crippen molar-refractivity contribution < 1.29 is 9.90 Å². The predicted molar refractivity (Wildman–Crippen MR) is 65.0 cm³/mol. The first-order valence-electron chi connectivity index (χ1n) is 5.45. The van der Waals surface area contributed by atoms with Crippen LogP contribution < -0.4 is 5.32 Å². The molecule has 0 saturated carbocycles. The van der Waals surface area contributed by atoms with Crippen LogP contribution in [-0.4, -0.2) is 31.2 Å². The minimum absolute atomic E-state index is 0.250. The standard InChI is InChI=1S/C11H13N5O2/c1-6(2)7-5-9(16-15-7)13-8-3-4-12-10(14-8)11(17)18/h3-6H,1-2H3,(H,17,18)(H2,12,13,14,15,16). The molecule has 0 aromatic carbocycles. The molecule has 2 heterocycles. The highest BCUT2D eigenvalue weighted by molar-refractivity contribution is 5.83. The second kappa shape index (κ2) is 4.82. The molecule has 18 heavy (non-hydrogen) atoms. The highest BCUT2D eigenvalue weighted by Crippen LogP contribution is 2.17. The van der Waals surface area contributed by atoms with E-state index < -0.39 is 5.97 Å². The van der Waals surface area contributed by atoms with E-state index in [-0.39, 0.29) is 5.82 Å². The molecule has 0 aliphatic heterocycles. The number of aromatic amines is 1. The summed E-state index contributed by atoms with van der Waals surface area (Å²) in [6, 6.07) is 3.43. The van der Waals surface area contributed by atoms with E-state index in [1.807, 2.05) is 19.9 Å². The normalized spacial score (nSPS) is 10.6. The number of hydrogen-bond donors (Lipinski definition) is 3. The summed E-state index contributed by atoms with van der Waals surface area (Å²) < 4.78 is 0. The summed E-state index contributed by atoms with van der Waals surface area (Å²) in [5.74, 6) is -0.0888. The lowest BCUT2D eigenvalue weighted by molar-refractivity contribution is 0.0683. The zero-order valence-corrected chi connectivity index (χ0v) is 10.0. The number of hydrogen-bond acceptors (Lipinski definition) is 5. The number of rotatable bonds is 4. The lowest BCUT2D eigenvalue weighted by atomic mass is 10.1. The van der Waals surface area contributed by atoms with Crippen LogP contribution in [0.15, 0.2) is 18.3 Å². The third kappa shape index (κ3) is 2.62. The van der Waals surface area contributed by atoms with Crippen molar-refractivity contribution in [1.29, 1.82) is 0 Å². The van der Waals surface area contributed by atoms with Crippen molar-refractivity contribution >= 4 is 17.6 Å². The smallest absolute Gasteiger partial charge is 0.374 e. The fourth-order valence-electron chi connectivity index (χ4n) is 1.36. The summed E-state index contributed by atoms with van der Waals surface area (Å²) in [7, 11) is 0. The average molecular weight is 247 g/mol. The molecule has 0 aliphatic rings. The van der Waals surface area contributed by atoms with Crippen LogP contribution in [-0.2, 0) is 0 Å². The van der Waals surface area contributed by atoms with Gasteiger partial charge in [-0.15, -0.1) is 0 Å². The van der Waals surface area contributed by atoms with Gasteiger partial charge in [-0.2, -0.15) is 5.10 Å². The topological polar surface area (TPSA) is 104 Å². The van der Waals surface area contributed by atoms with E-state index in [0.29, 0.717) is 17.6 Å². The molecule has 0 saturated heterocycles. The van der Waals surface area contributed by atoms with Gasteiger partial charge in [0, 0.05) is 18.0 Å². The Balaban J connectivity index is 2.17. The Kier molecular flexibility index (Phi) is 3.22. The molecule has 2 aromatic heterocycles. The molecule has 2 aromatic rings. The molecule has 0 spiro atoms. The van der Waals surface area contributed by atoms with Crippen LogP contribution in [0.3, 0.4) is 0 Å². The van der Waals surface area contributed by atoms with Gasteiger partial charge in [0.15, 0.2) is 5.82 Å². The molecule has 3 N–H and O–H groups in total. The maximum absolute atomic E-state index is 10.7. The van der Waals surface area contributed by atoms with Gasteiger partial charge in [0.1, 0.15) is 5.82 Å². The molecule has 0 unspecified atom stereocenters. The molecular weight excluding hydrogens is 234 g/mol. The largest absolute Gasteiger partial charge is 0.475 e.